The molecule has 1 amide bonds. The molecule has 31 heavy (non-hydrogen) atoms. The molecule has 5 N–H and O–H groups in total. The molecule has 0 aliphatic rings. The van der Waals surface area contributed by atoms with E-state index in [1.165, 1.54) is 24.3 Å². The van der Waals surface area contributed by atoms with Gasteiger partial charge in [0.25, 0.3) is 5.75 Å². The number of nitro groups is 2. The highest BCUT2D eigenvalue weighted by atomic mass is 16.6. The molecule has 0 aromatic heterocycles. The predicted octanol–water partition coefficient (Wildman–Crippen LogP) is -0.757. The number of nitrogens with zero attached hydrogens (tertiary/aromatic N) is 2. The molecule has 0 unspecified atom stereocenters. The maximum atomic E-state index is 12.2. The number of nitro benzene ring substituents is 2. The summed E-state index contributed by atoms with van der Waals surface area (Å²) in [5.41, 5.74) is -1.44. The van der Waals surface area contributed by atoms with Crippen LogP contribution in [0.1, 0.15) is 11.1 Å². The monoisotopic (exact) mass is 433 g/mol. The van der Waals surface area contributed by atoms with Crippen LogP contribution in [0.4, 0.5) is 11.4 Å². The van der Waals surface area contributed by atoms with Crippen LogP contribution >= 0.6 is 0 Å². The van der Waals surface area contributed by atoms with Crippen LogP contribution in [-0.4, -0.2) is 55.1 Å². The molecular formula is C17H16BN3O10. The zero-order chi connectivity index (χ0) is 23.3. The largest absolute Gasteiger partial charge is 0.497 e. The van der Waals surface area contributed by atoms with Crippen molar-refractivity contribution in [2.75, 3.05) is 0 Å². The van der Waals surface area contributed by atoms with Crippen molar-refractivity contribution in [3.05, 3.63) is 67.8 Å². The van der Waals surface area contributed by atoms with Gasteiger partial charge in [-0.25, -0.2) is 4.79 Å². The van der Waals surface area contributed by atoms with Gasteiger partial charge in [0.1, 0.15) is 6.04 Å². The molecule has 0 aliphatic heterocycles. The van der Waals surface area contributed by atoms with Gasteiger partial charge in [0, 0.05) is 18.6 Å². The third-order valence-corrected chi connectivity index (χ3v) is 4.24. The van der Waals surface area contributed by atoms with Gasteiger partial charge in [-0.3, -0.25) is 25.0 Å². The minimum Gasteiger partial charge on any atom is -0.497 e. The number of phenolic OH excluding ortho intramolecular Hbond substituents is 1. The van der Waals surface area contributed by atoms with Gasteiger partial charge in [0.05, 0.1) is 16.3 Å². The van der Waals surface area contributed by atoms with E-state index in [1.54, 1.807) is 0 Å². The third-order valence-electron chi connectivity index (χ3n) is 4.24. The first-order valence-electron chi connectivity index (χ1n) is 8.61. The minimum atomic E-state index is -1.68. The summed E-state index contributed by atoms with van der Waals surface area (Å²) in [7, 11) is -1.68. The van der Waals surface area contributed by atoms with E-state index in [2.05, 4.69) is 5.32 Å². The fourth-order valence-corrected chi connectivity index (χ4v) is 2.73. The van der Waals surface area contributed by atoms with Crippen LogP contribution in [0.15, 0.2) is 36.4 Å². The van der Waals surface area contributed by atoms with Crippen LogP contribution in [0.3, 0.4) is 0 Å². The molecule has 14 heteroatoms. The van der Waals surface area contributed by atoms with Crippen molar-refractivity contribution in [2.45, 2.75) is 18.9 Å². The Hall–Kier alpha value is -4.04. The summed E-state index contributed by atoms with van der Waals surface area (Å²) in [6.07, 6.45) is -0.764. The second kappa shape index (κ2) is 9.64. The SMILES string of the molecule is O=C(Cc1ccc(B(O)O)cc1)N[C@@H](Cc1cc([N+](=O)[O-])c(O)c([N+](=O)[O-])c1)C(=O)O. The Bertz CT molecular complexity index is 990. The van der Waals surface area contributed by atoms with Gasteiger partial charge in [-0.15, -0.1) is 0 Å². The lowest BCUT2D eigenvalue weighted by atomic mass is 9.80. The van der Waals surface area contributed by atoms with Gasteiger partial charge in [0.2, 0.25) is 5.91 Å². The Labute approximate surface area is 174 Å². The standard InChI is InChI=1S/C17H16BN3O10/c22-15(8-9-1-3-11(4-2-9)18(26)27)19-12(17(24)25)5-10-6-13(20(28)29)16(23)14(7-10)21(30)31/h1-4,6-7,12,23,26-27H,5,8H2,(H,19,22)(H,24,25)/t12-/m0/s1. The van der Waals surface area contributed by atoms with Crippen molar-refractivity contribution in [2.24, 2.45) is 0 Å². The minimum absolute atomic E-state index is 0.148. The van der Waals surface area contributed by atoms with Crippen molar-refractivity contribution in [3.63, 3.8) is 0 Å². The predicted molar refractivity (Wildman–Crippen MR) is 105 cm³/mol. The Morgan fingerprint density at radius 2 is 1.52 bits per heavy atom. The molecule has 13 nitrogen and oxygen atoms in total. The van der Waals surface area contributed by atoms with E-state index in [0.29, 0.717) is 5.56 Å². The van der Waals surface area contributed by atoms with Crippen LogP contribution in [-0.2, 0) is 22.4 Å². The highest BCUT2D eigenvalue weighted by Gasteiger charge is 2.29. The fraction of sp³-hybridized carbons (Fsp3) is 0.176. The number of carboxylic acids is 1. The number of aliphatic carboxylic acids is 1. The van der Waals surface area contributed by atoms with E-state index in [0.717, 1.165) is 12.1 Å². The highest BCUT2D eigenvalue weighted by molar-refractivity contribution is 6.58. The Balaban J connectivity index is 2.19. The number of aromatic hydroxyl groups is 1. The number of carboxylic acid groups (broad SMARTS) is 1. The summed E-state index contributed by atoms with van der Waals surface area (Å²) < 4.78 is 0. The van der Waals surface area contributed by atoms with Crippen molar-refractivity contribution < 1.29 is 39.7 Å². The summed E-state index contributed by atoms with van der Waals surface area (Å²) in [5, 5.41) is 61.4. The number of carbonyl (C=O) groups excluding carboxylic acids is 1. The number of phenols is 1. The van der Waals surface area contributed by atoms with Crippen molar-refractivity contribution in [1.29, 1.82) is 0 Å². The van der Waals surface area contributed by atoms with Crippen LogP contribution in [0.2, 0.25) is 0 Å². The second-order valence-electron chi connectivity index (χ2n) is 6.45. The first-order valence-corrected chi connectivity index (χ1v) is 8.61. The maximum Gasteiger partial charge on any atom is 0.488 e. The van der Waals surface area contributed by atoms with Gasteiger partial charge < -0.3 is 25.6 Å². The zero-order valence-electron chi connectivity index (χ0n) is 15.7. The lowest BCUT2D eigenvalue weighted by Crippen LogP contribution is -2.43. The third kappa shape index (κ3) is 5.97. The van der Waals surface area contributed by atoms with Crippen molar-refractivity contribution in [1.82, 2.24) is 5.32 Å². The number of carbonyl (C=O) groups is 2. The molecule has 162 valence electrons. The normalized spacial score (nSPS) is 11.4. The second-order valence-corrected chi connectivity index (χ2v) is 6.45. The van der Waals surface area contributed by atoms with E-state index in [1.807, 2.05) is 0 Å². The summed E-state index contributed by atoms with van der Waals surface area (Å²) in [6.45, 7) is 0. The van der Waals surface area contributed by atoms with Crippen LogP contribution in [0.25, 0.3) is 0 Å². The molecule has 0 saturated heterocycles. The molecule has 0 aliphatic carbocycles. The summed E-state index contributed by atoms with van der Waals surface area (Å²) in [6, 6.07) is 5.66. The Morgan fingerprint density at radius 3 is 1.94 bits per heavy atom. The van der Waals surface area contributed by atoms with Crippen molar-refractivity contribution in [3.8, 4) is 5.75 Å². The number of benzene rings is 2. The molecule has 1 atom stereocenters. The molecule has 0 radical (unpaired) electrons. The highest BCUT2D eigenvalue weighted by Crippen LogP contribution is 2.36. The van der Waals surface area contributed by atoms with Crippen LogP contribution in [0.5, 0.6) is 5.75 Å². The molecule has 0 saturated carbocycles. The van der Waals surface area contributed by atoms with Crippen LogP contribution in [0, 0.1) is 20.2 Å². The number of rotatable bonds is 9. The first-order chi connectivity index (χ1) is 14.5. The van der Waals surface area contributed by atoms with Gasteiger partial charge in [0.15, 0.2) is 0 Å². The molecule has 0 heterocycles. The molecule has 2 aromatic rings. The van der Waals surface area contributed by atoms with Gasteiger partial charge in [-0.05, 0) is 16.6 Å². The fourth-order valence-electron chi connectivity index (χ4n) is 2.73. The summed E-state index contributed by atoms with van der Waals surface area (Å²) in [4.78, 5) is 43.7. The number of nitrogens with one attached hydrogen (secondary N) is 1. The lowest BCUT2D eigenvalue weighted by Gasteiger charge is -2.15. The Morgan fingerprint density at radius 1 is 1.00 bits per heavy atom. The molecule has 0 bridgehead atoms. The average Bonchev–Trinajstić information content (AvgIpc) is 2.68. The van der Waals surface area contributed by atoms with E-state index < -0.39 is 58.4 Å². The van der Waals surface area contributed by atoms with Gasteiger partial charge in [-0.1, -0.05) is 24.3 Å². The van der Waals surface area contributed by atoms with Crippen LogP contribution < -0.4 is 10.8 Å². The molecule has 2 rings (SSSR count). The van der Waals surface area contributed by atoms with E-state index in [-0.39, 0.29) is 17.4 Å². The van der Waals surface area contributed by atoms with E-state index >= 15 is 0 Å². The Kier molecular flexibility index (Phi) is 7.23. The average molecular weight is 433 g/mol. The summed E-state index contributed by atoms with van der Waals surface area (Å²) in [5.74, 6) is -3.36. The molecule has 2 aromatic carbocycles. The van der Waals surface area contributed by atoms with E-state index in [9.17, 15) is 40.0 Å². The zero-order valence-corrected chi connectivity index (χ0v) is 15.7. The number of hydrogen-bond donors (Lipinski definition) is 5. The molecule has 0 spiro atoms. The maximum absolute atomic E-state index is 12.2. The van der Waals surface area contributed by atoms with E-state index in [4.69, 9.17) is 10.0 Å². The number of hydrogen-bond acceptors (Lipinski definition) is 9. The first kappa shape index (κ1) is 23.2. The van der Waals surface area contributed by atoms with Crippen molar-refractivity contribution >= 4 is 35.8 Å². The lowest BCUT2D eigenvalue weighted by molar-refractivity contribution is -0.396. The molecular weight excluding hydrogens is 417 g/mol. The van der Waals surface area contributed by atoms with Gasteiger partial charge >= 0.3 is 24.5 Å². The smallest absolute Gasteiger partial charge is 0.488 e. The summed E-state index contributed by atoms with van der Waals surface area (Å²) >= 11 is 0. The quantitative estimate of drug-likeness (QED) is 0.189. The number of amides is 1. The molecule has 0 fully saturated rings. The van der Waals surface area contributed by atoms with Gasteiger partial charge in [-0.2, -0.15) is 0 Å². The topological polar surface area (TPSA) is 213 Å².